The second-order valence-corrected chi connectivity index (χ2v) is 9.29. The van der Waals surface area contributed by atoms with Crippen LogP contribution in [0.3, 0.4) is 0 Å². The van der Waals surface area contributed by atoms with Crippen LogP contribution in [0.4, 0.5) is 21.7 Å². The third-order valence-electron chi connectivity index (χ3n) is 6.54. The topological polar surface area (TPSA) is 85.4 Å². The third-order valence-corrected chi connectivity index (χ3v) is 6.54. The molecular formula is C28H30FN7O. The molecular weight excluding hydrogens is 469 g/mol. The average molecular weight is 500 g/mol. The van der Waals surface area contributed by atoms with Crippen LogP contribution < -0.4 is 20.9 Å². The summed E-state index contributed by atoms with van der Waals surface area (Å²) >= 11 is 0. The molecule has 9 heteroatoms. The van der Waals surface area contributed by atoms with Gasteiger partial charge in [0.2, 0.25) is 11.9 Å². The molecule has 5 rings (SSSR count). The number of aromatic nitrogens is 2. The summed E-state index contributed by atoms with van der Waals surface area (Å²) in [5, 5.41) is 10.2. The zero-order valence-electron chi connectivity index (χ0n) is 20.9. The van der Waals surface area contributed by atoms with Crippen molar-refractivity contribution in [3.05, 3.63) is 90.6 Å². The van der Waals surface area contributed by atoms with E-state index in [4.69, 9.17) is 4.98 Å². The van der Waals surface area contributed by atoms with Crippen molar-refractivity contribution < 1.29 is 9.18 Å². The van der Waals surface area contributed by atoms with Gasteiger partial charge in [-0.25, -0.2) is 14.4 Å². The molecule has 2 aliphatic rings. The van der Waals surface area contributed by atoms with Gasteiger partial charge in [-0.2, -0.15) is 0 Å². The second kappa shape index (κ2) is 10.4. The number of carbonyl (C=O) groups is 1. The summed E-state index contributed by atoms with van der Waals surface area (Å²) in [4.78, 5) is 26.5. The number of allylic oxidation sites excluding steroid dienone is 3. The number of dihydropyridines is 1. The van der Waals surface area contributed by atoms with E-state index in [-0.39, 0.29) is 0 Å². The molecule has 0 aliphatic carbocycles. The maximum atomic E-state index is 13.4. The molecule has 3 heterocycles. The number of piperazine rings is 1. The Balaban J connectivity index is 1.43. The maximum absolute atomic E-state index is 13.4. The van der Waals surface area contributed by atoms with Crippen LogP contribution in [0.15, 0.2) is 85.0 Å². The van der Waals surface area contributed by atoms with Gasteiger partial charge in [-0.15, -0.1) is 0 Å². The number of anilines is 3. The van der Waals surface area contributed by atoms with E-state index in [0.29, 0.717) is 17.0 Å². The largest absolute Gasteiger partial charge is 0.369 e. The standard InChI is InChI=1S/C28H30FN7O/c1-20(29)18-25(37)34-28(12-3-4-13-31-28)24-7-5-6-21-19-30-27(33-26(21)24)32-22-8-10-23(11-9-22)36-16-14-35(2)15-17-36/h3-13,18-19,31H,14-17H2,1-2H3,(H,34,37)(H,30,32,33)/b20-18+. The molecule has 1 atom stereocenters. The first-order valence-electron chi connectivity index (χ1n) is 12.3. The van der Waals surface area contributed by atoms with Crippen molar-refractivity contribution in [2.45, 2.75) is 12.6 Å². The number of likely N-dealkylation sites (N-methyl/N-ethyl adjacent to an activating group) is 1. The van der Waals surface area contributed by atoms with Crippen molar-refractivity contribution in [3.63, 3.8) is 0 Å². The zero-order valence-corrected chi connectivity index (χ0v) is 20.9. The number of amides is 1. The Kier molecular flexibility index (Phi) is 6.87. The van der Waals surface area contributed by atoms with Crippen molar-refractivity contribution in [3.8, 4) is 0 Å². The van der Waals surface area contributed by atoms with E-state index in [2.05, 4.69) is 49.9 Å². The lowest BCUT2D eigenvalue weighted by Crippen LogP contribution is -2.53. The average Bonchev–Trinajstić information content (AvgIpc) is 2.89. The van der Waals surface area contributed by atoms with E-state index in [0.717, 1.165) is 43.3 Å². The van der Waals surface area contributed by atoms with Crippen LogP contribution in [0, 0.1) is 0 Å². The monoisotopic (exact) mass is 499 g/mol. The fourth-order valence-corrected chi connectivity index (χ4v) is 4.59. The first-order chi connectivity index (χ1) is 17.9. The van der Waals surface area contributed by atoms with E-state index in [1.54, 1.807) is 12.4 Å². The highest BCUT2D eigenvalue weighted by Gasteiger charge is 2.33. The second-order valence-electron chi connectivity index (χ2n) is 9.29. The predicted molar refractivity (Wildman–Crippen MR) is 145 cm³/mol. The third kappa shape index (κ3) is 5.46. The number of fused-ring (bicyclic) bond motifs is 1. The Hall–Kier alpha value is -4.24. The summed E-state index contributed by atoms with van der Waals surface area (Å²) in [6, 6.07) is 13.9. The number of nitrogens with one attached hydrogen (secondary N) is 3. The van der Waals surface area contributed by atoms with Crippen LogP contribution in [0.1, 0.15) is 12.5 Å². The minimum atomic E-state index is -1.10. The van der Waals surface area contributed by atoms with Gasteiger partial charge in [-0.1, -0.05) is 24.3 Å². The summed E-state index contributed by atoms with van der Waals surface area (Å²) in [5.74, 6) is -0.700. The summed E-state index contributed by atoms with van der Waals surface area (Å²) in [6.45, 7) is 5.36. The van der Waals surface area contributed by atoms with Gasteiger partial charge in [0.1, 0.15) is 5.83 Å². The number of rotatable bonds is 6. The number of halogens is 1. The minimum absolute atomic E-state index is 0.434. The fraction of sp³-hybridized carbons (Fsp3) is 0.250. The van der Waals surface area contributed by atoms with Crippen LogP contribution in [-0.2, 0) is 10.5 Å². The SMILES string of the molecule is C/C(F)=C\C(=O)NC1(c2cccc3cnc(Nc4ccc(N5CCN(C)CC5)cc4)nc23)C=CC=CN1. The summed E-state index contributed by atoms with van der Waals surface area (Å²) in [7, 11) is 2.15. The first-order valence-corrected chi connectivity index (χ1v) is 12.3. The van der Waals surface area contributed by atoms with Gasteiger partial charge >= 0.3 is 0 Å². The van der Waals surface area contributed by atoms with Crippen LogP contribution in [-0.4, -0.2) is 54.0 Å². The van der Waals surface area contributed by atoms with Crippen LogP contribution in [0.25, 0.3) is 10.9 Å². The molecule has 2 aromatic carbocycles. The van der Waals surface area contributed by atoms with E-state index in [1.807, 2.05) is 48.6 Å². The molecule has 0 spiro atoms. The number of benzene rings is 2. The van der Waals surface area contributed by atoms with E-state index >= 15 is 0 Å². The molecule has 1 aromatic heterocycles. The van der Waals surface area contributed by atoms with Gasteiger partial charge in [0, 0.05) is 60.8 Å². The molecule has 8 nitrogen and oxygen atoms in total. The van der Waals surface area contributed by atoms with Gasteiger partial charge in [0.05, 0.1) is 5.52 Å². The van der Waals surface area contributed by atoms with Gasteiger partial charge in [-0.3, -0.25) is 4.79 Å². The normalized spacial score (nSPS) is 20.1. The number of hydrogen-bond donors (Lipinski definition) is 3. The maximum Gasteiger partial charge on any atom is 0.248 e. The number of carbonyl (C=O) groups excluding carboxylic acids is 1. The van der Waals surface area contributed by atoms with Crippen molar-refractivity contribution in [2.24, 2.45) is 0 Å². The Morgan fingerprint density at radius 1 is 1.11 bits per heavy atom. The molecule has 1 fully saturated rings. The lowest BCUT2D eigenvalue weighted by atomic mass is 9.94. The lowest BCUT2D eigenvalue weighted by molar-refractivity contribution is -0.118. The molecule has 190 valence electrons. The molecule has 1 unspecified atom stereocenters. The molecule has 0 radical (unpaired) electrons. The molecule has 3 N–H and O–H groups in total. The molecule has 0 saturated carbocycles. The van der Waals surface area contributed by atoms with Gasteiger partial charge in [0.25, 0.3) is 0 Å². The predicted octanol–water partition coefficient (Wildman–Crippen LogP) is 3.94. The molecule has 2 aliphatic heterocycles. The van der Waals surface area contributed by atoms with Crippen LogP contribution in [0.2, 0.25) is 0 Å². The molecule has 3 aromatic rings. The van der Waals surface area contributed by atoms with Crippen molar-refractivity contribution in [1.29, 1.82) is 0 Å². The summed E-state index contributed by atoms with van der Waals surface area (Å²) < 4.78 is 13.4. The Morgan fingerprint density at radius 3 is 2.59 bits per heavy atom. The van der Waals surface area contributed by atoms with E-state index in [9.17, 15) is 9.18 Å². The molecule has 1 saturated heterocycles. The number of para-hydroxylation sites is 1. The van der Waals surface area contributed by atoms with E-state index in [1.165, 1.54) is 12.6 Å². The zero-order chi connectivity index (χ0) is 25.8. The van der Waals surface area contributed by atoms with Gasteiger partial charge < -0.3 is 25.8 Å². The Labute approximate surface area is 215 Å². The Morgan fingerprint density at radius 2 is 1.89 bits per heavy atom. The highest BCUT2D eigenvalue weighted by molar-refractivity contribution is 5.90. The number of nitrogens with zero attached hydrogens (tertiary/aromatic N) is 4. The smallest absolute Gasteiger partial charge is 0.248 e. The van der Waals surface area contributed by atoms with Gasteiger partial charge in [-0.05, 0) is 56.6 Å². The highest BCUT2D eigenvalue weighted by atomic mass is 19.1. The van der Waals surface area contributed by atoms with Crippen molar-refractivity contribution >= 4 is 34.1 Å². The number of hydrogen-bond acceptors (Lipinski definition) is 7. The molecule has 37 heavy (non-hydrogen) atoms. The lowest BCUT2D eigenvalue weighted by Gasteiger charge is -2.34. The molecule has 0 bridgehead atoms. The van der Waals surface area contributed by atoms with Crippen LogP contribution in [0.5, 0.6) is 0 Å². The first kappa shape index (κ1) is 24.5. The minimum Gasteiger partial charge on any atom is -0.369 e. The fourth-order valence-electron chi connectivity index (χ4n) is 4.59. The molecule has 1 amide bonds. The van der Waals surface area contributed by atoms with Gasteiger partial charge in [0.15, 0.2) is 5.66 Å². The van der Waals surface area contributed by atoms with Crippen molar-refractivity contribution in [2.75, 3.05) is 43.4 Å². The summed E-state index contributed by atoms with van der Waals surface area (Å²) in [6.07, 6.45) is 9.86. The highest BCUT2D eigenvalue weighted by Crippen LogP contribution is 2.30. The quantitative estimate of drug-likeness (QED) is 0.443. The summed E-state index contributed by atoms with van der Waals surface area (Å²) in [5.41, 5.74) is 2.33. The van der Waals surface area contributed by atoms with Crippen molar-refractivity contribution in [1.82, 2.24) is 25.5 Å². The Bertz CT molecular complexity index is 1370. The van der Waals surface area contributed by atoms with Crippen LogP contribution >= 0.6 is 0 Å². The van der Waals surface area contributed by atoms with E-state index < -0.39 is 17.4 Å².